The maximum absolute atomic E-state index is 13.8. The molecule has 7 heteroatoms. The smallest absolute Gasteiger partial charge is 0.262 e. The van der Waals surface area contributed by atoms with E-state index in [1.54, 1.807) is 29.2 Å². The average Bonchev–Trinajstić information content (AvgIpc) is 2.71. The van der Waals surface area contributed by atoms with E-state index < -0.39 is 5.92 Å². The Bertz CT molecular complexity index is 602. The molecule has 2 aliphatic heterocycles. The van der Waals surface area contributed by atoms with E-state index in [0.717, 1.165) is 0 Å². The molecule has 0 aromatic heterocycles. The first-order valence-electron chi connectivity index (χ1n) is 8.08. The van der Waals surface area contributed by atoms with Gasteiger partial charge in [0.15, 0.2) is 0 Å². The van der Waals surface area contributed by atoms with Crippen molar-refractivity contribution in [1.82, 2.24) is 14.7 Å². The molecule has 2 fully saturated rings. The predicted octanol–water partition coefficient (Wildman–Crippen LogP) is 2.44. The fourth-order valence-electron chi connectivity index (χ4n) is 3.55. The Morgan fingerprint density at radius 2 is 1.92 bits per heavy atom. The topological polar surface area (TPSA) is 26.8 Å². The number of carbonyl (C=O) groups excluding carboxylic acids is 1. The number of carbonyl (C=O) groups is 1. The minimum atomic E-state index is -2.64. The Labute approximate surface area is 146 Å². The molecule has 2 aliphatic rings. The van der Waals surface area contributed by atoms with Crippen molar-refractivity contribution < 1.29 is 13.6 Å². The maximum atomic E-state index is 13.8. The molecule has 0 radical (unpaired) electrons. The summed E-state index contributed by atoms with van der Waals surface area (Å²) in [4.78, 5) is 17.9. The van der Waals surface area contributed by atoms with E-state index in [9.17, 15) is 13.6 Å². The molecule has 4 nitrogen and oxygen atoms in total. The van der Waals surface area contributed by atoms with Gasteiger partial charge < -0.3 is 9.80 Å². The number of hydrogen-bond acceptors (Lipinski definition) is 3. The number of hydrogen-bond donors (Lipinski definition) is 0. The number of amides is 1. The normalized spacial score (nSPS) is 24.4. The number of nitrogens with zero attached hydrogens (tertiary/aromatic N) is 3. The van der Waals surface area contributed by atoms with E-state index in [1.165, 1.54) is 0 Å². The van der Waals surface area contributed by atoms with Crippen LogP contribution in [-0.4, -0.2) is 78.9 Å². The van der Waals surface area contributed by atoms with Crippen LogP contribution in [0.1, 0.15) is 16.8 Å². The van der Waals surface area contributed by atoms with Crippen LogP contribution in [0.3, 0.4) is 0 Å². The number of alkyl halides is 2. The van der Waals surface area contributed by atoms with E-state index >= 15 is 0 Å². The lowest BCUT2D eigenvalue weighted by Gasteiger charge is -2.46. The van der Waals surface area contributed by atoms with Crippen molar-refractivity contribution in [2.45, 2.75) is 24.4 Å². The van der Waals surface area contributed by atoms with Gasteiger partial charge in [-0.1, -0.05) is 11.6 Å². The molecule has 0 aliphatic carbocycles. The second-order valence-electron chi connectivity index (χ2n) is 7.02. The summed E-state index contributed by atoms with van der Waals surface area (Å²) in [5.74, 6) is -2.71. The molecule has 2 heterocycles. The standard InChI is InChI=1S/C17H22ClF2N3O/c1-21(2)8-14-7-17(19,20)11-23(14)15-9-22(10-15)16(24)12-3-5-13(18)6-4-12/h3-6,14-15H,7-11H2,1-2H3/t14-/m0/s1. The number of likely N-dealkylation sites (tertiary alicyclic amines) is 2. The first kappa shape index (κ1) is 17.6. The van der Waals surface area contributed by atoms with Crippen molar-refractivity contribution in [3.63, 3.8) is 0 Å². The van der Waals surface area contributed by atoms with Gasteiger partial charge in [0.25, 0.3) is 11.8 Å². The van der Waals surface area contributed by atoms with Crippen molar-refractivity contribution in [1.29, 1.82) is 0 Å². The average molecular weight is 358 g/mol. The summed E-state index contributed by atoms with van der Waals surface area (Å²) in [6.45, 7) is 1.40. The molecule has 1 atom stereocenters. The Hall–Kier alpha value is -1.24. The van der Waals surface area contributed by atoms with Crippen LogP contribution in [0.4, 0.5) is 8.78 Å². The lowest BCUT2D eigenvalue weighted by Crippen LogP contribution is -2.63. The molecule has 3 rings (SSSR count). The molecule has 0 N–H and O–H groups in total. The first-order valence-corrected chi connectivity index (χ1v) is 8.46. The molecule has 24 heavy (non-hydrogen) atoms. The van der Waals surface area contributed by atoms with Crippen molar-refractivity contribution in [2.75, 3.05) is 40.3 Å². The third kappa shape index (κ3) is 3.71. The summed E-state index contributed by atoms with van der Waals surface area (Å²) in [7, 11) is 3.79. The lowest BCUT2D eigenvalue weighted by atomic mass is 10.0. The van der Waals surface area contributed by atoms with E-state index in [4.69, 9.17) is 11.6 Å². The minimum Gasteiger partial charge on any atom is -0.335 e. The summed E-state index contributed by atoms with van der Waals surface area (Å²) in [5.41, 5.74) is 0.578. The van der Waals surface area contributed by atoms with E-state index in [-0.39, 0.29) is 31.0 Å². The van der Waals surface area contributed by atoms with Crippen LogP contribution >= 0.6 is 11.6 Å². The highest BCUT2D eigenvalue weighted by Gasteiger charge is 2.50. The highest BCUT2D eigenvalue weighted by atomic mass is 35.5. The minimum absolute atomic E-state index is 0.0135. The maximum Gasteiger partial charge on any atom is 0.262 e. The van der Waals surface area contributed by atoms with Gasteiger partial charge in [0, 0.05) is 48.7 Å². The van der Waals surface area contributed by atoms with Crippen molar-refractivity contribution >= 4 is 17.5 Å². The van der Waals surface area contributed by atoms with Gasteiger partial charge in [0.2, 0.25) is 0 Å². The van der Waals surface area contributed by atoms with E-state index in [2.05, 4.69) is 0 Å². The Balaban J connectivity index is 1.60. The fourth-order valence-corrected chi connectivity index (χ4v) is 3.67. The summed E-state index contributed by atoms with van der Waals surface area (Å²) in [6, 6.07) is 6.60. The van der Waals surface area contributed by atoms with Crippen LogP contribution in [-0.2, 0) is 0 Å². The Morgan fingerprint density at radius 3 is 2.50 bits per heavy atom. The fraction of sp³-hybridized carbons (Fsp3) is 0.588. The molecule has 0 saturated carbocycles. The molecule has 1 aromatic rings. The zero-order chi connectivity index (χ0) is 17.5. The summed E-state index contributed by atoms with van der Waals surface area (Å²) < 4.78 is 27.6. The van der Waals surface area contributed by atoms with E-state index in [1.807, 2.05) is 23.9 Å². The van der Waals surface area contributed by atoms with Crippen LogP contribution in [0.15, 0.2) is 24.3 Å². The zero-order valence-corrected chi connectivity index (χ0v) is 14.6. The predicted molar refractivity (Wildman–Crippen MR) is 89.8 cm³/mol. The number of likely N-dealkylation sites (N-methyl/N-ethyl adjacent to an activating group) is 1. The molecule has 0 bridgehead atoms. The van der Waals surface area contributed by atoms with Gasteiger partial charge in [-0.15, -0.1) is 0 Å². The first-order chi connectivity index (χ1) is 11.2. The highest BCUT2D eigenvalue weighted by Crippen LogP contribution is 2.35. The molecule has 1 amide bonds. The highest BCUT2D eigenvalue weighted by molar-refractivity contribution is 6.30. The largest absolute Gasteiger partial charge is 0.335 e. The summed E-state index contributed by atoms with van der Waals surface area (Å²) in [6.07, 6.45) is -0.104. The van der Waals surface area contributed by atoms with Gasteiger partial charge in [0.1, 0.15) is 0 Å². The van der Waals surface area contributed by atoms with Gasteiger partial charge in [-0.3, -0.25) is 9.69 Å². The molecule has 1 aromatic carbocycles. The third-order valence-electron chi connectivity index (χ3n) is 4.70. The second kappa shape index (κ2) is 6.58. The monoisotopic (exact) mass is 357 g/mol. The van der Waals surface area contributed by atoms with E-state index in [0.29, 0.717) is 30.2 Å². The van der Waals surface area contributed by atoms with Gasteiger partial charge in [-0.2, -0.15) is 0 Å². The summed E-state index contributed by atoms with van der Waals surface area (Å²) >= 11 is 5.83. The second-order valence-corrected chi connectivity index (χ2v) is 7.46. The lowest BCUT2D eigenvalue weighted by molar-refractivity contribution is -0.0114. The number of halogens is 3. The van der Waals surface area contributed by atoms with Gasteiger partial charge in [0.05, 0.1) is 6.54 Å². The van der Waals surface area contributed by atoms with Crippen LogP contribution in [0.2, 0.25) is 5.02 Å². The molecule has 132 valence electrons. The molecule has 0 unspecified atom stereocenters. The van der Waals surface area contributed by atoms with Gasteiger partial charge >= 0.3 is 0 Å². The Kier molecular flexibility index (Phi) is 4.82. The molecular weight excluding hydrogens is 336 g/mol. The van der Waals surface area contributed by atoms with Crippen molar-refractivity contribution in [2.24, 2.45) is 0 Å². The number of rotatable bonds is 4. The van der Waals surface area contributed by atoms with Crippen LogP contribution in [0.5, 0.6) is 0 Å². The third-order valence-corrected chi connectivity index (χ3v) is 4.95. The Morgan fingerprint density at radius 1 is 1.29 bits per heavy atom. The molecule has 2 saturated heterocycles. The zero-order valence-electron chi connectivity index (χ0n) is 13.9. The van der Waals surface area contributed by atoms with Crippen molar-refractivity contribution in [3.8, 4) is 0 Å². The van der Waals surface area contributed by atoms with Crippen molar-refractivity contribution in [3.05, 3.63) is 34.9 Å². The molecular formula is C17H22ClF2N3O. The van der Waals surface area contributed by atoms with Crippen LogP contribution < -0.4 is 0 Å². The number of benzene rings is 1. The van der Waals surface area contributed by atoms with Gasteiger partial charge in [-0.05, 0) is 38.4 Å². The molecule has 0 spiro atoms. The van der Waals surface area contributed by atoms with Crippen LogP contribution in [0.25, 0.3) is 0 Å². The quantitative estimate of drug-likeness (QED) is 0.828. The van der Waals surface area contributed by atoms with Gasteiger partial charge in [-0.25, -0.2) is 8.78 Å². The van der Waals surface area contributed by atoms with Crippen LogP contribution in [0, 0.1) is 0 Å². The SMILES string of the molecule is CN(C)C[C@@H]1CC(F)(F)CN1C1CN(C(=O)c2ccc(Cl)cc2)C1. The summed E-state index contributed by atoms with van der Waals surface area (Å²) in [5, 5.41) is 0.582.